The van der Waals surface area contributed by atoms with Crippen LogP contribution in [0, 0.1) is 0 Å². The molecule has 0 aromatic rings. The molecule has 80 valence electrons. The second-order valence-corrected chi connectivity index (χ2v) is 5.54. The average Bonchev–Trinajstić information content (AvgIpc) is 2.45. The fraction of sp³-hybridized carbons (Fsp3) is 0.889. The van der Waals surface area contributed by atoms with E-state index in [9.17, 15) is 13.6 Å². The van der Waals surface area contributed by atoms with Crippen molar-refractivity contribution >= 4 is 17.7 Å². The van der Waals surface area contributed by atoms with E-state index >= 15 is 0 Å². The summed E-state index contributed by atoms with van der Waals surface area (Å²) in [6.45, 7) is 0. The molecule has 2 aliphatic rings. The highest BCUT2D eigenvalue weighted by Crippen LogP contribution is 2.43. The molecule has 2 rings (SSSR count). The number of carbonyl (C=O) groups is 1. The summed E-state index contributed by atoms with van der Waals surface area (Å²) in [6.07, 6.45) is 1.20. The van der Waals surface area contributed by atoms with E-state index in [1.54, 1.807) is 0 Å². The van der Waals surface area contributed by atoms with Crippen LogP contribution in [0.15, 0.2) is 0 Å². The lowest BCUT2D eigenvalue weighted by atomic mass is 10.1. The molecule has 14 heavy (non-hydrogen) atoms. The fourth-order valence-electron chi connectivity index (χ4n) is 2.24. The number of rotatable bonds is 2. The van der Waals surface area contributed by atoms with Crippen LogP contribution in [0.5, 0.6) is 0 Å². The smallest absolute Gasteiger partial charge is 0.315 e. The number of hydrogen-bond donors (Lipinski definition) is 1. The van der Waals surface area contributed by atoms with E-state index in [2.05, 4.69) is 5.32 Å². The first kappa shape index (κ1) is 10.2. The lowest BCUT2D eigenvalue weighted by Gasteiger charge is -2.27. The first-order valence-electron chi connectivity index (χ1n) is 4.89. The van der Waals surface area contributed by atoms with Crippen molar-refractivity contribution in [2.24, 2.45) is 0 Å². The third-order valence-corrected chi connectivity index (χ3v) is 4.46. The average molecular weight is 221 g/mol. The maximum absolute atomic E-state index is 12.0. The molecule has 0 saturated carbocycles. The van der Waals surface area contributed by atoms with E-state index in [1.165, 1.54) is 12.8 Å². The Labute approximate surface area is 85.8 Å². The molecule has 0 radical (unpaired) electrons. The van der Waals surface area contributed by atoms with Gasteiger partial charge in [0.25, 0.3) is 5.91 Å². The number of amides is 1. The molecular formula is C9H13F2NOS. The Morgan fingerprint density at radius 1 is 1.29 bits per heavy atom. The quantitative estimate of drug-likeness (QED) is 0.770. The van der Waals surface area contributed by atoms with Gasteiger partial charge in [0.1, 0.15) is 0 Å². The highest BCUT2D eigenvalue weighted by molar-refractivity contribution is 8.00. The molecule has 2 saturated heterocycles. The van der Waals surface area contributed by atoms with Gasteiger partial charge in [-0.05, 0) is 25.7 Å². The van der Waals surface area contributed by atoms with E-state index in [4.69, 9.17) is 0 Å². The largest absolute Gasteiger partial charge is 0.348 e. The number of halogens is 2. The van der Waals surface area contributed by atoms with Crippen LogP contribution in [0.3, 0.4) is 0 Å². The van der Waals surface area contributed by atoms with Crippen molar-refractivity contribution in [3.63, 3.8) is 0 Å². The molecule has 2 heterocycles. The van der Waals surface area contributed by atoms with Crippen molar-refractivity contribution in [2.45, 2.75) is 48.7 Å². The van der Waals surface area contributed by atoms with Crippen LogP contribution in [0.4, 0.5) is 8.78 Å². The Balaban J connectivity index is 1.85. The molecule has 2 atom stereocenters. The molecule has 1 amide bonds. The lowest BCUT2D eigenvalue weighted by molar-refractivity contribution is -0.132. The van der Waals surface area contributed by atoms with Crippen molar-refractivity contribution in [1.29, 1.82) is 0 Å². The van der Waals surface area contributed by atoms with Crippen LogP contribution in [0.1, 0.15) is 25.7 Å². The second kappa shape index (κ2) is 4.04. The van der Waals surface area contributed by atoms with Gasteiger partial charge in [-0.15, -0.1) is 0 Å². The zero-order valence-electron chi connectivity index (χ0n) is 7.71. The normalized spacial score (nSPS) is 36.1. The first-order chi connectivity index (χ1) is 6.65. The summed E-state index contributed by atoms with van der Waals surface area (Å²) in [5.74, 6) is -1.11. The maximum atomic E-state index is 12.0. The number of nitrogens with one attached hydrogen (secondary N) is 1. The second-order valence-electron chi connectivity index (χ2n) is 3.94. The minimum Gasteiger partial charge on any atom is -0.348 e. The van der Waals surface area contributed by atoms with Crippen molar-refractivity contribution < 1.29 is 13.6 Å². The first-order valence-corrected chi connectivity index (χ1v) is 5.83. The Hall–Kier alpha value is -0.320. The van der Waals surface area contributed by atoms with Gasteiger partial charge in [-0.25, -0.2) is 0 Å². The molecule has 0 aromatic carbocycles. The topological polar surface area (TPSA) is 29.1 Å². The molecule has 1 N–H and O–H groups in total. The molecule has 5 heteroatoms. The van der Waals surface area contributed by atoms with Gasteiger partial charge in [0.15, 0.2) is 0 Å². The van der Waals surface area contributed by atoms with Crippen LogP contribution in [0.25, 0.3) is 0 Å². The Bertz CT molecular complexity index is 225. The standard InChI is InChI=1S/C9H13F2NOS/c10-8(11)9(13)12-5-3-6-1-2-7(4-5)14-6/h5-8H,1-4H2,(H,12,13). The van der Waals surface area contributed by atoms with E-state index in [0.717, 1.165) is 12.8 Å². The number of hydrogen-bond acceptors (Lipinski definition) is 2. The summed E-state index contributed by atoms with van der Waals surface area (Å²) in [4.78, 5) is 10.8. The Morgan fingerprint density at radius 3 is 2.36 bits per heavy atom. The van der Waals surface area contributed by atoms with Crippen LogP contribution in [-0.4, -0.2) is 28.9 Å². The third kappa shape index (κ3) is 2.19. The number of thioether (sulfide) groups is 1. The maximum Gasteiger partial charge on any atom is 0.315 e. The van der Waals surface area contributed by atoms with Gasteiger partial charge in [0, 0.05) is 16.5 Å². The molecule has 0 aliphatic carbocycles. The van der Waals surface area contributed by atoms with E-state index < -0.39 is 12.3 Å². The summed E-state index contributed by atoms with van der Waals surface area (Å²) in [7, 11) is 0. The van der Waals surface area contributed by atoms with Gasteiger partial charge in [0.05, 0.1) is 0 Å². The minimum absolute atomic E-state index is 0.0183. The van der Waals surface area contributed by atoms with Gasteiger partial charge >= 0.3 is 6.43 Å². The van der Waals surface area contributed by atoms with Crippen LogP contribution in [0.2, 0.25) is 0 Å². The monoisotopic (exact) mass is 221 g/mol. The number of alkyl halides is 2. The molecule has 0 aromatic heterocycles. The van der Waals surface area contributed by atoms with Gasteiger partial charge < -0.3 is 5.32 Å². The molecule has 2 unspecified atom stereocenters. The summed E-state index contributed by atoms with van der Waals surface area (Å²) in [5, 5.41) is 3.58. The minimum atomic E-state index is -2.87. The summed E-state index contributed by atoms with van der Waals surface area (Å²) in [5.41, 5.74) is 0. The molecular weight excluding hydrogens is 208 g/mol. The predicted octanol–water partition coefficient (Wildman–Crippen LogP) is 1.79. The molecule has 2 fully saturated rings. The highest BCUT2D eigenvalue weighted by Gasteiger charge is 2.35. The zero-order chi connectivity index (χ0) is 10.1. The van der Waals surface area contributed by atoms with Crippen molar-refractivity contribution in [2.75, 3.05) is 0 Å². The third-order valence-electron chi connectivity index (χ3n) is 2.83. The molecule has 0 spiro atoms. The van der Waals surface area contributed by atoms with E-state index in [-0.39, 0.29) is 6.04 Å². The summed E-state index contributed by atoms with van der Waals surface area (Å²) in [6, 6.07) is -0.0183. The summed E-state index contributed by atoms with van der Waals surface area (Å²) >= 11 is 1.95. The van der Waals surface area contributed by atoms with Gasteiger partial charge in [-0.1, -0.05) is 0 Å². The van der Waals surface area contributed by atoms with Crippen molar-refractivity contribution in [3.05, 3.63) is 0 Å². The van der Waals surface area contributed by atoms with Gasteiger partial charge in [-0.2, -0.15) is 20.5 Å². The molecule has 2 bridgehead atoms. The van der Waals surface area contributed by atoms with Gasteiger partial charge in [0.2, 0.25) is 0 Å². The predicted molar refractivity (Wildman–Crippen MR) is 51.6 cm³/mol. The highest BCUT2D eigenvalue weighted by atomic mass is 32.2. The van der Waals surface area contributed by atoms with Crippen LogP contribution >= 0.6 is 11.8 Å². The van der Waals surface area contributed by atoms with Crippen LogP contribution < -0.4 is 5.32 Å². The number of carbonyl (C=O) groups excluding carboxylic acids is 1. The SMILES string of the molecule is O=C(NC1CC2CCC(C1)S2)C(F)F. The lowest BCUT2D eigenvalue weighted by Crippen LogP contribution is -2.42. The Kier molecular flexibility index (Phi) is 2.95. The summed E-state index contributed by atoms with van der Waals surface area (Å²) < 4.78 is 24.0. The van der Waals surface area contributed by atoms with Crippen molar-refractivity contribution in [1.82, 2.24) is 5.32 Å². The molecule has 2 nitrogen and oxygen atoms in total. The van der Waals surface area contributed by atoms with E-state index in [0.29, 0.717) is 10.5 Å². The fourth-order valence-corrected chi connectivity index (χ4v) is 4.02. The van der Waals surface area contributed by atoms with Gasteiger partial charge in [-0.3, -0.25) is 4.79 Å². The number of fused-ring (bicyclic) bond motifs is 2. The Morgan fingerprint density at radius 2 is 1.86 bits per heavy atom. The van der Waals surface area contributed by atoms with E-state index in [1.807, 2.05) is 11.8 Å². The zero-order valence-corrected chi connectivity index (χ0v) is 8.53. The molecule has 2 aliphatic heterocycles. The van der Waals surface area contributed by atoms with Crippen LogP contribution in [-0.2, 0) is 4.79 Å². The van der Waals surface area contributed by atoms with Crippen molar-refractivity contribution in [3.8, 4) is 0 Å².